The fourth-order valence-corrected chi connectivity index (χ4v) is 7.14. The highest BCUT2D eigenvalue weighted by molar-refractivity contribution is 7.01. The third kappa shape index (κ3) is 4.14. The Morgan fingerprint density at radius 1 is 0.833 bits per heavy atom. The average molecular weight is 361 g/mol. The van der Waals surface area contributed by atoms with E-state index in [9.17, 15) is 0 Å². The summed E-state index contributed by atoms with van der Waals surface area (Å²) in [5.41, 5.74) is 2.53. The molecule has 0 N–H and O–H groups in total. The molecule has 4 heteroatoms. The molecule has 0 bridgehead atoms. The molecule has 2 aromatic carbocycles. The smallest absolute Gasteiger partial charge is 0.115 e. The lowest BCUT2D eigenvalue weighted by atomic mass is 10.3. The summed E-state index contributed by atoms with van der Waals surface area (Å²) in [5, 5.41) is 2.96. The van der Waals surface area contributed by atoms with Gasteiger partial charge in [0.15, 0.2) is 0 Å². The minimum absolute atomic E-state index is 0.726. The Labute approximate surface area is 153 Å². The van der Waals surface area contributed by atoms with Gasteiger partial charge in [-0.05, 0) is 36.7 Å². The normalized spacial score (nSPS) is 11.4. The van der Waals surface area contributed by atoms with Crippen molar-refractivity contribution in [2.45, 2.75) is 19.0 Å². The molecule has 0 fully saturated rings. The second-order valence-electron chi connectivity index (χ2n) is 7.01. The third-order valence-electron chi connectivity index (χ3n) is 4.81. The predicted octanol–water partition coefficient (Wildman–Crippen LogP) is 3.64. The molecule has 0 saturated heterocycles. The molecular weight excluding hydrogens is 332 g/mol. The van der Waals surface area contributed by atoms with Crippen LogP contribution < -0.4 is 20.2 Å². The van der Waals surface area contributed by atoms with Gasteiger partial charge in [-0.2, -0.15) is 0 Å². The van der Waals surface area contributed by atoms with Gasteiger partial charge in [0.05, 0.1) is 0 Å². The first-order chi connectivity index (χ1) is 11.4. The van der Waals surface area contributed by atoms with Crippen LogP contribution in [-0.4, -0.2) is 42.1 Å². The van der Waals surface area contributed by atoms with Crippen LogP contribution in [-0.2, 0) is 0 Å². The van der Waals surface area contributed by atoms with E-state index in [1.807, 2.05) is 0 Å². The molecule has 0 unspecified atom stereocenters. The molecule has 0 radical (unpaired) electrons. The second kappa shape index (κ2) is 8.08. The molecule has 0 spiro atoms. The highest BCUT2D eigenvalue weighted by Crippen LogP contribution is 2.19. The summed E-state index contributed by atoms with van der Waals surface area (Å²) in [4.78, 5) is 4.35. The molecule has 0 aliphatic heterocycles. The Morgan fingerprint density at radius 2 is 1.29 bits per heavy atom. The molecule has 130 valence electrons. The first-order valence-electron chi connectivity index (χ1n) is 8.50. The van der Waals surface area contributed by atoms with E-state index < -0.39 is 8.07 Å². The fourth-order valence-electron chi connectivity index (χ4n) is 3.13. The molecule has 2 aromatic rings. The Bertz CT molecular complexity index is 619. The third-order valence-corrected chi connectivity index (χ3v) is 9.60. The number of halogens is 1. The fraction of sp³-hybridized carbons (Fsp3) is 0.400. The van der Waals surface area contributed by atoms with Gasteiger partial charge >= 0.3 is 0 Å². The van der Waals surface area contributed by atoms with Crippen LogP contribution in [0, 0.1) is 0 Å². The Morgan fingerprint density at radius 3 is 1.67 bits per heavy atom. The van der Waals surface area contributed by atoms with Gasteiger partial charge in [-0.3, -0.25) is 0 Å². The summed E-state index contributed by atoms with van der Waals surface area (Å²) in [6.45, 7) is 2.48. The molecule has 0 amide bonds. The molecule has 0 aliphatic rings. The lowest BCUT2D eigenvalue weighted by Gasteiger charge is -2.30. The zero-order valence-electron chi connectivity index (χ0n) is 15.5. The maximum absolute atomic E-state index is 6.05. The highest BCUT2D eigenvalue weighted by Gasteiger charge is 2.31. The molecule has 2 nitrogen and oxygen atoms in total. The van der Waals surface area contributed by atoms with E-state index in [1.165, 1.54) is 27.8 Å². The van der Waals surface area contributed by atoms with Crippen LogP contribution in [0.15, 0.2) is 48.5 Å². The van der Waals surface area contributed by atoms with Crippen LogP contribution in [0.25, 0.3) is 0 Å². The van der Waals surface area contributed by atoms with Gasteiger partial charge in [-0.1, -0.05) is 41.2 Å². The van der Waals surface area contributed by atoms with Crippen molar-refractivity contribution >= 4 is 41.4 Å². The van der Waals surface area contributed by atoms with Crippen molar-refractivity contribution in [1.29, 1.82) is 0 Å². The molecule has 24 heavy (non-hydrogen) atoms. The standard InChI is InChI=1S/C20H29ClN2Si/c1-22(2)17-9-6-11-19(15-17)24(5,14-8-13-21)20-12-7-10-18(16-20)23(3)4/h6-7,9-12,15-16H,8,13-14H2,1-5H3. The van der Waals surface area contributed by atoms with Gasteiger partial charge < -0.3 is 9.80 Å². The van der Waals surface area contributed by atoms with Crippen LogP contribution >= 0.6 is 11.6 Å². The average Bonchev–Trinajstić information content (AvgIpc) is 2.59. The maximum atomic E-state index is 6.05. The second-order valence-corrected chi connectivity index (χ2v) is 11.7. The van der Waals surface area contributed by atoms with E-state index in [0.29, 0.717) is 0 Å². The van der Waals surface area contributed by atoms with Crippen LogP contribution in [0.2, 0.25) is 12.6 Å². The van der Waals surface area contributed by atoms with E-state index in [2.05, 4.69) is 93.1 Å². The Kier molecular flexibility index (Phi) is 6.36. The Hall–Kier alpha value is -1.45. The number of benzene rings is 2. The molecule has 2 rings (SSSR count). The van der Waals surface area contributed by atoms with Gasteiger partial charge in [-0.25, -0.2) is 0 Å². The zero-order valence-corrected chi connectivity index (χ0v) is 17.3. The van der Waals surface area contributed by atoms with Gasteiger partial charge in [0, 0.05) is 45.4 Å². The quantitative estimate of drug-likeness (QED) is 0.549. The lowest BCUT2D eigenvalue weighted by molar-refractivity contribution is 1.07. The van der Waals surface area contributed by atoms with E-state index in [4.69, 9.17) is 11.6 Å². The number of hydrogen-bond acceptors (Lipinski definition) is 2. The molecule has 0 atom stereocenters. The van der Waals surface area contributed by atoms with Crippen molar-refractivity contribution < 1.29 is 0 Å². The van der Waals surface area contributed by atoms with Gasteiger partial charge in [0.1, 0.15) is 8.07 Å². The molecule has 0 aromatic heterocycles. The van der Waals surface area contributed by atoms with Gasteiger partial charge in [-0.15, -0.1) is 11.6 Å². The van der Waals surface area contributed by atoms with Crippen molar-refractivity contribution in [2.75, 3.05) is 43.9 Å². The largest absolute Gasteiger partial charge is 0.378 e. The van der Waals surface area contributed by atoms with Crippen molar-refractivity contribution in [2.24, 2.45) is 0 Å². The van der Waals surface area contributed by atoms with Crippen molar-refractivity contribution in [3.8, 4) is 0 Å². The summed E-state index contributed by atoms with van der Waals surface area (Å²) < 4.78 is 0. The number of rotatable bonds is 7. The maximum Gasteiger partial charge on any atom is 0.115 e. The van der Waals surface area contributed by atoms with Crippen molar-refractivity contribution in [3.05, 3.63) is 48.5 Å². The number of nitrogens with zero attached hydrogens (tertiary/aromatic N) is 2. The van der Waals surface area contributed by atoms with Gasteiger partial charge in [0.25, 0.3) is 0 Å². The van der Waals surface area contributed by atoms with E-state index in [1.54, 1.807) is 0 Å². The van der Waals surface area contributed by atoms with Crippen molar-refractivity contribution in [3.63, 3.8) is 0 Å². The predicted molar refractivity (Wildman–Crippen MR) is 113 cm³/mol. The number of hydrogen-bond donors (Lipinski definition) is 0. The molecular formula is C20H29ClN2Si. The van der Waals surface area contributed by atoms with Crippen LogP contribution in [0.5, 0.6) is 0 Å². The summed E-state index contributed by atoms with van der Waals surface area (Å²) in [6.07, 6.45) is 1.06. The zero-order chi connectivity index (χ0) is 17.7. The van der Waals surface area contributed by atoms with Crippen LogP contribution in [0.3, 0.4) is 0 Å². The molecule has 0 aliphatic carbocycles. The van der Waals surface area contributed by atoms with E-state index >= 15 is 0 Å². The van der Waals surface area contributed by atoms with E-state index in [0.717, 1.165) is 12.3 Å². The minimum Gasteiger partial charge on any atom is -0.378 e. The Balaban J connectivity index is 2.53. The first kappa shape index (κ1) is 18.9. The summed E-state index contributed by atoms with van der Waals surface area (Å²) in [5.74, 6) is 0.726. The van der Waals surface area contributed by atoms with Crippen LogP contribution in [0.4, 0.5) is 11.4 Å². The first-order valence-corrected chi connectivity index (χ1v) is 11.7. The molecule has 0 heterocycles. The summed E-state index contributed by atoms with van der Waals surface area (Å²) in [6, 6.07) is 19.2. The number of alkyl halides is 1. The lowest BCUT2D eigenvalue weighted by Crippen LogP contribution is -2.55. The van der Waals surface area contributed by atoms with Crippen molar-refractivity contribution in [1.82, 2.24) is 0 Å². The topological polar surface area (TPSA) is 6.48 Å². The summed E-state index contributed by atoms with van der Waals surface area (Å²) in [7, 11) is 6.59. The number of anilines is 2. The monoisotopic (exact) mass is 360 g/mol. The summed E-state index contributed by atoms with van der Waals surface area (Å²) >= 11 is 6.05. The molecule has 0 saturated carbocycles. The SMILES string of the molecule is CN(C)c1cccc([Si](C)(CCCCl)c2cccc(N(C)C)c2)c1. The minimum atomic E-state index is -1.81. The van der Waals surface area contributed by atoms with Crippen LogP contribution in [0.1, 0.15) is 6.42 Å². The van der Waals surface area contributed by atoms with E-state index in [-0.39, 0.29) is 0 Å². The highest BCUT2D eigenvalue weighted by atomic mass is 35.5. The van der Waals surface area contributed by atoms with Gasteiger partial charge in [0.2, 0.25) is 0 Å².